The summed E-state index contributed by atoms with van der Waals surface area (Å²) >= 11 is 1.53. The first-order valence-corrected chi connectivity index (χ1v) is 8.65. The molecule has 3 rings (SSSR count). The highest BCUT2D eigenvalue weighted by Crippen LogP contribution is 2.25. The molecule has 24 heavy (non-hydrogen) atoms. The van der Waals surface area contributed by atoms with Crippen LogP contribution in [-0.2, 0) is 11.3 Å². The second-order valence-electron chi connectivity index (χ2n) is 5.37. The zero-order valence-corrected chi connectivity index (χ0v) is 14.2. The van der Waals surface area contributed by atoms with E-state index in [4.69, 9.17) is 0 Å². The molecule has 0 bridgehead atoms. The predicted octanol–water partition coefficient (Wildman–Crippen LogP) is 3.63. The molecule has 0 aliphatic heterocycles. The molecule has 0 saturated heterocycles. The van der Waals surface area contributed by atoms with Crippen LogP contribution in [0.4, 0.5) is 5.13 Å². The van der Waals surface area contributed by atoms with E-state index in [1.54, 1.807) is 0 Å². The lowest BCUT2D eigenvalue weighted by Crippen LogP contribution is -2.29. The Morgan fingerprint density at radius 1 is 1.04 bits per heavy atom. The van der Waals surface area contributed by atoms with Crippen molar-refractivity contribution in [2.75, 3.05) is 12.4 Å². The van der Waals surface area contributed by atoms with E-state index < -0.39 is 0 Å². The number of carbonyl (C=O) groups excluding carboxylic acids is 1. The number of benzene rings is 2. The van der Waals surface area contributed by atoms with E-state index in [0.717, 1.165) is 22.0 Å². The zero-order valence-electron chi connectivity index (χ0n) is 13.4. The summed E-state index contributed by atoms with van der Waals surface area (Å²) in [4.78, 5) is 17.2. The first kappa shape index (κ1) is 16.2. The molecule has 2 N–H and O–H groups in total. The number of hydrogen-bond acceptors (Lipinski definition) is 4. The van der Waals surface area contributed by atoms with Gasteiger partial charge in [0.1, 0.15) is 0 Å². The first-order chi connectivity index (χ1) is 11.8. The summed E-state index contributed by atoms with van der Waals surface area (Å²) < 4.78 is 0. The number of anilines is 1. The summed E-state index contributed by atoms with van der Waals surface area (Å²) in [6.07, 6.45) is 0. The van der Waals surface area contributed by atoms with Crippen LogP contribution in [0.15, 0.2) is 66.0 Å². The normalized spacial score (nSPS) is 10.6. The molecule has 5 heteroatoms. The quantitative estimate of drug-likeness (QED) is 0.722. The van der Waals surface area contributed by atoms with Crippen molar-refractivity contribution in [3.63, 3.8) is 0 Å². The minimum absolute atomic E-state index is 0.0218. The topological polar surface area (TPSA) is 54.0 Å². The third-order valence-corrected chi connectivity index (χ3v) is 4.65. The Morgan fingerprint density at radius 3 is 2.12 bits per heavy atom. The van der Waals surface area contributed by atoms with Gasteiger partial charge in [-0.3, -0.25) is 4.79 Å². The van der Waals surface area contributed by atoms with E-state index in [2.05, 4.69) is 15.6 Å². The number of carbonyl (C=O) groups is 1. The molecule has 0 atom stereocenters. The fourth-order valence-electron chi connectivity index (χ4n) is 2.57. The average Bonchev–Trinajstić information content (AvgIpc) is 3.10. The van der Waals surface area contributed by atoms with E-state index in [9.17, 15) is 4.79 Å². The highest BCUT2D eigenvalue weighted by molar-refractivity contribution is 7.13. The van der Waals surface area contributed by atoms with Crippen molar-refractivity contribution >= 4 is 22.4 Å². The van der Waals surface area contributed by atoms with E-state index in [-0.39, 0.29) is 11.8 Å². The third kappa shape index (κ3) is 3.81. The maximum Gasteiger partial charge on any atom is 0.232 e. The molecule has 0 aliphatic carbocycles. The molecule has 4 nitrogen and oxygen atoms in total. The molecule has 122 valence electrons. The van der Waals surface area contributed by atoms with Gasteiger partial charge in [0.05, 0.1) is 18.2 Å². The molecular formula is C19H19N3OS. The minimum Gasteiger partial charge on any atom is -0.365 e. The monoisotopic (exact) mass is 337 g/mol. The van der Waals surface area contributed by atoms with Gasteiger partial charge in [-0.1, -0.05) is 60.7 Å². The van der Waals surface area contributed by atoms with Crippen molar-refractivity contribution < 1.29 is 4.79 Å². The lowest BCUT2D eigenvalue weighted by atomic mass is 9.90. The lowest BCUT2D eigenvalue weighted by molar-refractivity contribution is -0.121. The Bertz CT molecular complexity index is 747. The highest BCUT2D eigenvalue weighted by atomic mass is 32.1. The molecule has 1 heterocycles. The number of aromatic nitrogens is 1. The smallest absolute Gasteiger partial charge is 0.232 e. The molecule has 0 unspecified atom stereocenters. The fraction of sp³-hybridized carbons (Fsp3) is 0.158. The molecule has 3 aromatic rings. The van der Waals surface area contributed by atoms with Gasteiger partial charge in [0, 0.05) is 12.4 Å². The van der Waals surface area contributed by atoms with Crippen LogP contribution in [0.1, 0.15) is 22.7 Å². The van der Waals surface area contributed by atoms with Crippen LogP contribution in [0.5, 0.6) is 0 Å². The predicted molar refractivity (Wildman–Crippen MR) is 98.2 cm³/mol. The molecule has 1 aromatic heterocycles. The van der Waals surface area contributed by atoms with Crippen LogP contribution < -0.4 is 10.6 Å². The number of thiazole rings is 1. The van der Waals surface area contributed by atoms with Crippen LogP contribution in [0.2, 0.25) is 0 Å². The minimum atomic E-state index is -0.324. The molecule has 0 saturated carbocycles. The van der Waals surface area contributed by atoms with Crippen molar-refractivity contribution in [1.29, 1.82) is 0 Å². The van der Waals surface area contributed by atoms with Gasteiger partial charge in [-0.2, -0.15) is 0 Å². The van der Waals surface area contributed by atoms with Crippen LogP contribution in [0.25, 0.3) is 0 Å². The lowest BCUT2D eigenvalue weighted by Gasteiger charge is -2.17. The van der Waals surface area contributed by atoms with E-state index in [0.29, 0.717) is 6.54 Å². The average molecular weight is 337 g/mol. The van der Waals surface area contributed by atoms with Gasteiger partial charge in [0.2, 0.25) is 5.91 Å². The molecule has 2 aromatic carbocycles. The maximum absolute atomic E-state index is 12.8. The Kier molecular flexibility index (Phi) is 5.23. The van der Waals surface area contributed by atoms with Crippen molar-refractivity contribution in [1.82, 2.24) is 10.3 Å². The summed E-state index contributed by atoms with van der Waals surface area (Å²) in [5.74, 6) is -0.346. The van der Waals surface area contributed by atoms with Gasteiger partial charge in [-0.05, 0) is 11.1 Å². The summed E-state index contributed by atoms with van der Waals surface area (Å²) in [7, 11) is 1.84. The maximum atomic E-state index is 12.8. The van der Waals surface area contributed by atoms with Gasteiger partial charge >= 0.3 is 0 Å². The van der Waals surface area contributed by atoms with E-state index in [1.165, 1.54) is 11.3 Å². The second-order valence-corrected chi connectivity index (χ2v) is 6.22. The largest absolute Gasteiger partial charge is 0.365 e. The first-order valence-electron chi connectivity index (χ1n) is 7.77. The summed E-state index contributed by atoms with van der Waals surface area (Å²) in [6.45, 7) is 0.424. The van der Waals surface area contributed by atoms with Crippen LogP contribution in [0.3, 0.4) is 0 Å². The second kappa shape index (κ2) is 7.75. The molecule has 0 radical (unpaired) electrons. The number of nitrogens with one attached hydrogen (secondary N) is 2. The SMILES string of the molecule is CNc1nc(CNC(=O)C(c2ccccc2)c2ccccc2)cs1. The third-order valence-electron chi connectivity index (χ3n) is 3.74. The Hall–Kier alpha value is -2.66. The van der Waals surface area contributed by atoms with Gasteiger partial charge in [0.15, 0.2) is 5.13 Å². The number of rotatable bonds is 6. The molecule has 0 spiro atoms. The van der Waals surface area contributed by atoms with E-state index in [1.807, 2.05) is 73.1 Å². The standard InChI is InChI=1S/C19H19N3OS/c1-20-19-22-16(13-24-19)12-21-18(23)17(14-8-4-2-5-9-14)15-10-6-3-7-11-15/h2-11,13,17H,12H2,1H3,(H,20,22)(H,21,23). The van der Waals surface area contributed by atoms with Crippen molar-refractivity contribution in [2.24, 2.45) is 0 Å². The highest BCUT2D eigenvalue weighted by Gasteiger charge is 2.22. The Balaban J connectivity index is 1.79. The van der Waals surface area contributed by atoms with Crippen molar-refractivity contribution in [3.8, 4) is 0 Å². The summed E-state index contributed by atoms with van der Waals surface area (Å²) in [5, 5.41) is 8.81. The van der Waals surface area contributed by atoms with Crippen molar-refractivity contribution in [3.05, 3.63) is 82.9 Å². The molecular weight excluding hydrogens is 318 g/mol. The Labute approximate surface area is 145 Å². The van der Waals surface area contributed by atoms with Gasteiger partial charge in [-0.15, -0.1) is 11.3 Å². The van der Waals surface area contributed by atoms with Crippen LogP contribution in [0, 0.1) is 0 Å². The molecule has 1 amide bonds. The fourth-order valence-corrected chi connectivity index (χ4v) is 3.24. The van der Waals surface area contributed by atoms with Gasteiger partial charge in [-0.25, -0.2) is 4.98 Å². The van der Waals surface area contributed by atoms with Crippen LogP contribution in [-0.4, -0.2) is 17.9 Å². The number of amides is 1. The summed E-state index contributed by atoms with van der Waals surface area (Å²) in [5.41, 5.74) is 2.82. The number of hydrogen-bond donors (Lipinski definition) is 2. The van der Waals surface area contributed by atoms with E-state index >= 15 is 0 Å². The van der Waals surface area contributed by atoms with Crippen molar-refractivity contribution in [2.45, 2.75) is 12.5 Å². The molecule has 0 fully saturated rings. The van der Waals surface area contributed by atoms with Crippen LogP contribution >= 0.6 is 11.3 Å². The number of nitrogens with zero attached hydrogens (tertiary/aromatic N) is 1. The molecule has 0 aliphatic rings. The van der Waals surface area contributed by atoms with Gasteiger partial charge in [0.25, 0.3) is 0 Å². The van der Waals surface area contributed by atoms with Gasteiger partial charge < -0.3 is 10.6 Å². The zero-order chi connectivity index (χ0) is 16.8. The summed E-state index contributed by atoms with van der Waals surface area (Å²) in [6, 6.07) is 19.7. The Morgan fingerprint density at radius 2 is 1.62 bits per heavy atom.